The van der Waals surface area contributed by atoms with Gasteiger partial charge in [0.1, 0.15) is 12.2 Å². The minimum Gasteiger partial charge on any atom is -0.371 e. The van der Waals surface area contributed by atoms with Gasteiger partial charge in [-0.25, -0.2) is 0 Å². The fourth-order valence-electron chi connectivity index (χ4n) is 3.55. The van der Waals surface area contributed by atoms with Crippen LogP contribution in [0.15, 0.2) is 30.6 Å². The van der Waals surface area contributed by atoms with E-state index in [0.717, 1.165) is 30.5 Å². The highest BCUT2D eigenvalue weighted by Gasteiger charge is 2.29. The molecular weight excluding hydrogens is 318 g/mol. The van der Waals surface area contributed by atoms with E-state index in [9.17, 15) is 10.1 Å². The first-order chi connectivity index (χ1) is 12.0. The minimum atomic E-state index is -0.348. The van der Waals surface area contributed by atoms with Crippen molar-refractivity contribution in [3.63, 3.8) is 0 Å². The summed E-state index contributed by atoms with van der Waals surface area (Å²) in [5.74, 6) is 2.72. The van der Waals surface area contributed by atoms with Crippen LogP contribution in [-0.4, -0.2) is 32.8 Å². The van der Waals surface area contributed by atoms with Gasteiger partial charge in [-0.1, -0.05) is 13.0 Å². The van der Waals surface area contributed by atoms with Crippen molar-refractivity contribution in [1.82, 2.24) is 14.8 Å². The molecule has 0 spiro atoms. The van der Waals surface area contributed by atoms with Gasteiger partial charge < -0.3 is 9.47 Å². The van der Waals surface area contributed by atoms with Crippen molar-refractivity contribution in [2.24, 2.45) is 13.0 Å². The predicted molar refractivity (Wildman–Crippen MR) is 96.7 cm³/mol. The lowest BCUT2D eigenvalue weighted by Gasteiger charge is -2.31. The number of nitro benzene ring substituents is 1. The highest BCUT2D eigenvalue weighted by atomic mass is 16.6. The lowest BCUT2D eigenvalue weighted by atomic mass is 9.76. The van der Waals surface area contributed by atoms with Gasteiger partial charge in [-0.3, -0.25) is 10.1 Å². The highest BCUT2D eigenvalue weighted by molar-refractivity contribution is 5.53. The Morgan fingerprint density at radius 3 is 2.52 bits per heavy atom. The first-order valence-corrected chi connectivity index (χ1v) is 8.88. The van der Waals surface area contributed by atoms with Gasteiger partial charge in [-0.2, -0.15) is 0 Å². The minimum absolute atomic E-state index is 0.175. The van der Waals surface area contributed by atoms with E-state index in [-0.39, 0.29) is 10.6 Å². The number of nitro groups is 1. The fourth-order valence-corrected chi connectivity index (χ4v) is 3.55. The van der Waals surface area contributed by atoms with Gasteiger partial charge in [0.25, 0.3) is 5.69 Å². The van der Waals surface area contributed by atoms with Crippen molar-refractivity contribution >= 4 is 11.4 Å². The molecule has 0 unspecified atom stereocenters. The third-order valence-corrected chi connectivity index (χ3v) is 5.00. The summed E-state index contributed by atoms with van der Waals surface area (Å²) in [6.45, 7) is 4.31. The molecule has 0 bridgehead atoms. The zero-order chi connectivity index (χ0) is 17.8. The Morgan fingerprint density at radius 2 is 1.96 bits per heavy atom. The molecule has 1 saturated carbocycles. The van der Waals surface area contributed by atoms with Crippen LogP contribution in [0.5, 0.6) is 0 Å². The van der Waals surface area contributed by atoms with Gasteiger partial charge in [-0.15, -0.1) is 10.2 Å². The van der Waals surface area contributed by atoms with Crippen molar-refractivity contribution in [3.05, 3.63) is 46.5 Å². The van der Waals surface area contributed by atoms with Gasteiger partial charge in [0.2, 0.25) is 0 Å². The SMILES string of the molecule is CC1CC(c2nncn2C)C1.O=[N+]([O-])c1cccc(N2CCCC2)c1. The van der Waals surface area contributed by atoms with Crippen LogP contribution < -0.4 is 4.90 Å². The summed E-state index contributed by atoms with van der Waals surface area (Å²) < 4.78 is 2.02. The lowest BCUT2D eigenvalue weighted by molar-refractivity contribution is -0.384. The molecule has 7 heteroatoms. The number of anilines is 1. The largest absolute Gasteiger partial charge is 0.371 e. The Labute approximate surface area is 147 Å². The predicted octanol–water partition coefficient (Wildman–Crippen LogP) is 3.52. The summed E-state index contributed by atoms with van der Waals surface area (Å²) >= 11 is 0. The van der Waals surface area contributed by atoms with Crippen LogP contribution in [0.2, 0.25) is 0 Å². The van der Waals surface area contributed by atoms with Gasteiger partial charge >= 0.3 is 0 Å². The monoisotopic (exact) mass is 343 g/mol. The third-order valence-electron chi connectivity index (χ3n) is 5.00. The Hall–Kier alpha value is -2.44. The zero-order valence-corrected chi connectivity index (χ0v) is 14.8. The molecule has 4 rings (SSSR count). The molecule has 0 radical (unpaired) electrons. The Kier molecular flexibility index (Phi) is 5.31. The first kappa shape index (κ1) is 17.4. The smallest absolute Gasteiger partial charge is 0.271 e. The van der Waals surface area contributed by atoms with E-state index in [1.165, 1.54) is 31.7 Å². The molecule has 0 N–H and O–H groups in total. The summed E-state index contributed by atoms with van der Waals surface area (Å²) in [5, 5.41) is 18.5. The second-order valence-electron chi connectivity index (χ2n) is 7.04. The average Bonchev–Trinajstić information content (AvgIpc) is 3.24. The van der Waals surface area contributed by atoms with Gasteiger partial charge in [0, 0.05) is 43.9 Å². The van der Waals surface area contributed by atoms with Crippen LogP contribution in [0.4, 0.5) is 11.4 Å². The third kappa shape index (κ3) is 4.15. The van der Waals surface area contributed by atoms with Gasteiger partial charge in [-0.05, 0) is 37.7 Å². The van der Waals surface area contributed by atoms with Crippen LogP contribution in [-0.2, 0) is 7.05 Å². The van der Waals surface area contributed by atoms with E-state index < -0.39 is 0 Å². The van der Waals surface area contributed by atoms with E-state index in [4.69, 9.17) is 0 Å². The molecule has 25 heavy (non-hydrogen) atoms. The lowest BCUT2D eigenvalue weighted by Crippen LogP contribution is -2.21. The molecular formula is C18H25N5O2. The molecule has 1 aromatic carbocycles. The summed E-state index contributed by atoms with van der Waals surface area (Å²) in [6.07, 6.45) is 6.71. The average molecular weight is 343 g/mol. The topological polar surface area (TPSA) is 77.1 Å². The van der Waals surface area contributed by atoms with Crippen molar-refractivity contribution < 1.29 is 4.92 Å². The summed E-state index contributed by atoms with van der Waals surface area (Å²) in [5.41, 5.74) is 1.14. The van der Waals surface area contributed by atoms with Crippen molar-refractivity contribution in [2.45, 2.75) is 38.5 Å². The van der Waals surface area contributed by atoms with Crippen LogP contribution in [0.25, 0.3) is 0 Å². The Balaban J connectivity index is 0.000000150. The van der Waals surface area contributed by atoms with Gasteiger partial charge in [0.15, 0.2) is 0 Å². The van der Waals surface area contributed by atoms with E-state index in [0.29, 0.717) is 5.92 Å². The molecule has 2 aromatic rings. The number of benzene rings is 1. The molecule has 134 valence electrons. The van der Waals surface area contributed by atoms with Crippen molar-refractivity contribution in [3.8, 4) is 0 Å². The Bertz CT molecular complexity index is 718. The highest BCUT2D eigenvalue weighted by Crippen LogP contribution is 2.39. The Morgan fingerprint density at radius 1 is 1.24 bits per heavy atom. The van der Waals surface area contributed by atoms with E-state index in [2.05, 4.69) is 22.0 Å². The summed E-state index contributed by atoms with van der Waals surface area (Å²) in [4.78, 5) is 12.4. The van der Waals surface area contributed by atoms with Crippen LogP contribution in [0.3, 0.4) is 0 Å². The van der Waals surface area contributed by atoms with Crippen LogP contribution in [0, 0.1) is 16.0 Å². The van der Waals surface area contributed by atoms with E-state index in [1.807, 2.05) is 17.7 Å². The molecule has 0 atom stereocenters. The molecule has 1 aliphatic carbocycles. The molecule has 2 fully saturated rings. The number of aryl methyl sites for hydroxylation is 1. The fraction of sp³-hybridized carbons (Fsp3) is 0.556. The van der Waals surface area contributed by atoms with Gasteiger partial charge in [0.05, 0.1) is 4.92 Å². The standard InChI is InChI=1S/C10H12N2O2.C8H13N3/c13-12(14)10-5-3-4-9(8-10)11-6-1-2-7-11;1-6-3-7(4-6)8-10-9-5-11(8)2/h3-5,8H,1-2,6-7H2;5-7H,3-4H2,1-2H3. The second-order valence-corrected chi connectivity index (χ2v) is 7.04. The number of hydrogen-bond donors (Lipinski definition) is 0. The summed E-state index contributed by atoms with van der Waals surface area (Å²) in [7, 11) is 2.01. The molecule has 0 amide bonds. The van der Waals surface area contributed by atoms with Crippen LogP contribution >= 0.6 is 0 Å². The van der Waals surface area contributed by atoms with Crippen LogP contribution in [0.1, 0.15) is 44.3 Å². The maximum Gasteiger partial charge on any atom is 0.271 e. The number of aromatic nitrogens is 3. The zero-order valence-electron chi connectivity index (χ0n) is 14.8. The second kappa shape index (κ2) is 7.63. The number of hydrogen-bond acceptors (Lipinski definition) is 5. The molecule has 1 aromatic heterocycles. The van der Waals surface area contributed by atoms with E-state index >= 15 is 0 Å². The number of rotatable bonds is 3. The quantitative estimate of drug-likeness (QED) is 0.629. The van der Waals surface area contributed by atoms with E-state index in [1.54, 1.807) is 18.5 Å². The van der Waals surface area contributed by atoms with Crippen molar-refractivity contribution in [1.29, 1.82) is 0 Å². The molecule has 1 saturated heterocycles. The summed E-state index contributed by atoms with van der Waals surface area (Å²) in [6, 6.07) is 6.84. The molecule has 2 aliphatic rings. The molecule has 1 aliphatic heterocycles. The molecule has 2 heterocycles. The molecule has 7 nitrogen and oxygen atoms in total. The maximum absolute atomic E-state index is 10.6. The number of non-ortho nitro benzene ring substituents is 1. The maximum atomic E-state index is 10.6. The number of nitrogens with zero attached hydrogens (tertiary/aromatic N) is 5. The van der Waals surface area contributed by atoms with Crippen molar-refractivity contribution in [2.75, 3.05) is 18.0 Å². The normalized spacial score (nSPS) is 22.1. The first-order valence-electron chi connectivity index (χ1n) is 8.88.